The van der Waals surface area contributed by atoms with Crippen molar-refractivity contribution in [1.29, 1.82) is 0 Å². The molecule has 0 radical (unpaired) electrons. The van der Waals surface area contributed by atoms with Crippen LogP contribution in [-0.2, 0) is 21.2 Å². The first-order chi connectivity index (χ1) is 12.9. The van der Waals surface area contributed by atoms with Crippen LogP contribution in [0.2, 0.25) is 0 Å². The van der Waals surface area contributed by atoms with E-state index in [0.29, 0.717) is 24.3 Å². The molecule has 0 aliphatic heterocycles. The van der Waals surface area contributed by atoms with Gasteiger partial charge in [-0.3, -0.25) is 4.79 Å². The largest absolute Gasteiger partial charge is 0.326 e. The van der Waals surface area contributed by atoms with Crippen LogP contribution in [0.25, 0.3) is 0 Å². The van der Waals surface area contributed by atoms with Gasteiger partial charge in [0.15, 0.2) is 0 Å². The number of nitrogens with one attached hydrogen (secondary N) is 1. The molecule has 0 fully saturated rings. The maximum absolute atomic E-state index is 13.6. The number of nitrogens with zero attached hydrogens (tertiary/aromatic N) is 1. The van der Waals surface area contributed by atoms with Gasteiger partial charge in [0, 0.05) is 18.8 Å². The Kier molecular flexibility index (Phi) is 7.50. The van der Waals surface area contributed by atoms with Crippen molar-refractivity contribution in [2.24, 2.45) is 0 Å². The van der Waals surface area contributed by atoms with Gasteiger partial charge in [-0.25, -0.2) is 12.8 Å². The molecule has 146 valence electrons. The van der Waals surface area contributed by atoms with Crippen molar-refractivity contribution in [2.45, 2.75) is 38.0 Å². The van der Waals surface area contributed by atoms with E-state index in [-0.39, 0.29) is 17.2 Å². The highest BCUT2D eigenvalue weighted by molar-refractivity contribution is 7.89. The first kappa shape index (κ1) is 21.1. The minimum atomic E-state index is -3.55. The maximum Gasteiger partial charge on any atom is 0.243 e. The molecule has 5 nitrogen and oxygen atoms in total. The van der Waals surface area contributed by atoms with E-state index in [9.17, 15) is 17.6 Å². The van der Waals surface area contributed by atoms with Crippen LogP contribution < -0.4 is 5.32 Å². The third kappa shape index (κ3) is 5.61. The lowest BCUT2D eigenvalue weighted by Crippen LogP contribution is -2.32. The minimum Gasteiger partial charge on any atom is -0.326 e. The first-order valence-corrected chi connectivity index (χ1v) is 10.5. The number of carbonyl (C=O) groups is 1. The summed E-state index contributed by atoms with van der Waals surface area (Å²) in [5.74, 6) is -0.796. The molecular formula is C20H25FN2O3S. The quantitative estimate of drug-likeness (QED) is 0.705. The molecule has 0 aliphatic rings. The number of rotatable bonds is 9. The second-order valence-corrected chi connectivity index (χ2v) is 8.18. The van der Waals surface area contributed by atoms with Crippen molar-refractivity contribution >= 4 is 21.6 Å². The SMILES string of the molecule is CCCN(CCC)S(=O)(=O)c1ccc(NC(=O)Cc2ccccc2F)cc1. The third-order valence-corrected chi connectivity index (χ3v) is 5.94. The van der Waals surface area contributed by atoms with E-state index in [2.05, 4.69) is 5.32 Å². The van der Waals surface area contributed by atoms with Gasteiger partial charge in [0.2, 0.25) is 15.9 Å². The summed E-state index contributed by atoms with van der Waals surface area (Å²) in [5, 5.41) is 2.66. The zero-order valence-electron chi connectivity index (χ0n) is 15.6. The minimum absolute atomic E-state index is 0.0898. The van der Waals surface area contributed by atoms with Crippen molar-refractivity contribution in [3.05, 3.63) is 59.9 Å². The van der Waals surface area contributed by atoms with Crippen LogP contribution in [-0.4, -0.2) is 31.7 Å². The van der Waals surface area contributed by atoms with Crippen LogP contribution in [0.4, 0.5) is 10.1 Å². The molecule has 0 atom stereocenters. The number of amides is 1. The molecule has 2 aromatic carbocycles. The standard InChI is InChI=1S/C20H25FN2O3S/c1-3-13-23(14-4-2)27(25,26)18-11-9-17(10-12-18)22-20(24)15-16-7-5-6-8-19(16)21/h5-12H,3-4,13-15H2,1-2H3,(H,22,24). The summed E-state index contributed by atoms with van der Waals surface area (Å²) in [6.07, 6.45) is 1.39. The fourth-order valence-electron chi connectivity index (χ4n) is 2.73. The lowest BCUT2D eigenvalue weighted by molar-refractivity contribution is -0.115. The second-order valence-electron chi connectivity index (χ2n) is 6.24. The van der Waals surface area contributed by atoms with E-state index in [0.717, 1.165) is 12.8 Å². The van der Waals surface area contributed by atoms with Crippen molar-refractivity contribution in [3.8, 4) is 0 Å². The molecule has 1 N–H and O–H groups in total. The monoisotopic (exact) mass is 392 g/mol. The fraction of sp³-hybridized carbons (Fsp3) is 0.350. The van der Waals surface area contributed by atoms with Crippen LogP contribution in [0.15, 0.2) is 53.4 Å². The van der Waals surface area contributed by atoms with Crippen LogP contribution in [0.1, 0.15) is 32.3 Å². The van der Waals surface area contributed by atoms with E-state index in [1.807, 2.05) is 13.8 Å². The van der Waals surface area contributed by atoms with Crippen molar-refractivity contribution in [2.75, 3.05) is 18.4 Å². The average molecular weight is 392 g/mol. The molecule has 27 heavy (non-hydrogen) atoms. The Morgan fingerprint density at radius 1 is 1.00 bits per heavy atom. The third-order valence-electron chi connectivity index (χ3n) is 4.03. The molecule has 0 bridgehead atoms. The topological polar surface area (TPSA) is 66.5 Å². The number of hydrogen-bond donors (Lipinski definition) is 1. The van der Waals surface area contributed by atoms with Gasteiger partial charge in [0.25, 0.3) is 0 Å². The predicted molar refractivity (Wildman–Crippen MR) is 105 cm³/mol. The molecule has 0 saturated carbocycles. The highest BCUT2D eigenvalue weighted by Gasteiger charge is 2.22. The molecule has 0 saturated heterocycles. The summed E-state index contributed by atoms with van der Waals surface area (Å²) in [7, 11) is -3.55. The highest BCUT2D eigenvalue weighted by atomic mass is 32.2. The number of anilines is 1. The van der Waals surface area contributed by atoms with Crippen molar-refractivity contribution < 1.29 is 17.6 Å². The van der Waals surface area contributed by atoms with Gasteiger partial charge < -0.3 is 5.32 Å². The molecule has 1 amide bonds. The van der Waals surface area contributed by atoms with E-state index >= 15 is 0 Å². The molecular weight excluding hydrogens is 367 g/mol. The Bertz CT molecular complexity index is 861. The van der Waals surface area contributed by atoms with Gasteiger partial charge in [-0.05, 0) is 48.7 Å². The Labute approximate surface area is 160 Å². The normalized spacial score (nSPS) is 11.6. The van der Waals surface area contributed by atoms with Crippen molar-refractivity contribution in [3.63, 3.8) is 0 Å². The number of halogens is 1. The Morgan fingerprint density at radius 2 is 1.59 bits per heavy atom. The number of carbonyl (C=O) groups excluding carboxylic acids is 1. The molecule has 2 aromatic rings. The molecule has 2 rings (SSSR count). The van der Waals surface area contributed by atoms with Gasteiger partial charge >= 0.3 is 0 Å². The lowest BCUT2D eigenvalue weighted by Gasteiger charge is -2.21. The number of benzene rings is 2. The Hall–Kier alpha value is -2.25. The van der Waals surface area contributed by atoms with Gasteiger partial charge in [-0.15, -0.1) is 0 Å². The van der Waals surface area contributed by atoms with Gasteiger partial charge in [-0.2, -0.15) is 4.31 Å². The number of hydrogen-bond acceptors (Lipinski definition) is 3. The molecule has 0 unspecified atom stereocenters. The Balaban J connectivity index is 2.08. The average Bonchev–Trinajstić information content (AvgIpc) is 2.64. The summed E-state index contributed by atoms with van der Waals surface area (Å²) < 4.78 is 40.5. The number of sulfonamides is 1. The molecule has 7 heteroatoms. The van der Waals surface area contributed by atoms with E-state index in [1.165, 1.54) is 22.5 Å². The maximum atomic E-state index is 13.6. The summed E-state index contributed by atoms with van der Waals surface area (Å²) >= 11 is 0. The fourth-order valence-corrected chi connectivity index (χ4v) is 4.35. The first-order valence-electron chi connectivity index (χ1n) is 9.02. The van der Waals surface area contributed by atoms with Crippen molar-refractivity contribution in [1.82, 2.24) is 4.31 Å². The summed E-state index contributed by atoms with van der Waals surface area (Å²) in [5.41, 5.74) is 0.775. The van der Waals surface area contributed by atoms with Crippen LogP contribution >= 0.6 is 0 Å². The molecule has 0 heterocycles. The smallest absolute Gasteiger partial charge is 0.243 e. The molecule has 0 aromatic heterocycles. The molecule has 0 aliphatic carbocycles. The van der Waals surface area contributed by atoms with Crippen LogP contribution in [0.3, 0.4) is 0 Å². The van der Waals surface area contributed by atoms with E-state index in [4.69, 9.17) is 0 Å². The van der Waals surface area contributed by atoms with Gasteiger partial charge in [0.1, 0.15) is 5.82 Å². The summed E-state index contributed by atoms with van der Waals surface area (Å²) in [6, 6.07) is 12.1. The van der Waals surface area contributed by atoms with Gasteiger partial charge in [0.05, 0.1) is 11.3 Å². The lowest BCUT2D eigenvalue weighted by atomic mass is 10.1. The second kappa shape index (κ2) is 9.62. The van der Waals surface area contributed by atoms with E-state index in [1.54, 1.807) is 30.3 Å². The highest BCUT2D eigenvalue weighted by Crippen LogP contribution is 2.19. The van der Waals surface area contributed by atoms with Crippen LogP contribution in [0, 0.1) is 5.82 Å². The van der Waals surface area contributed by atoms with E-state index < -0.39 is 15.8 Å². The van der Waals surface area contributed by atoms with Crippen LogP contribution in [0.5, 0.6) is 0 Å². The zero-order chi connectivity index (χ0) is 19.9. The predicted octanol–water partition coefficient (Wildman–Crippen LogP) is 3.82. The molecule has 0 spiro atoms. The zero-order valence-corrected chi connectivity index (χ0v) is 16.4. The summed E-state index contributed by atoms with van der Waals surface area (Å²) in [4.78, 5) is 12.3. The Morgan fingerprint density at radius 3 is 2.15 bits per heavy atom. The summed E-state index contributed by atoms with van der Waals surface area (Å²) in [6.45, 7) is 4.81. The van der Waals surface area contributed by atoms with Gasteiger partial charge in [-0.1, -0.05) is 32.0 Å².